The Morgan fingerprint density at radius 3 is 2.50 bits per heavy atom. The largest absolute Gasteiger partial charge is 0.489 e. The molecule has 0 saturated heterocycles. The van der Waals surface area contributed by atoms with Crippen molar-refractivity contribution in [2.75, 3.05) is 6.61 Å². The van der Waals surface area contributed by atoms with Crippen LogP contribution in [0.4, 0.5) is 0 Å². The Hall–Kier alpha value is -1.50. The van der Waals surface area contributed by atoms with Crippen molar-refractivity contribution < 1.29 is 4.74 Å². The zero-order chi connectivity index (χ0) is 12.0. The van der Waals surface area contributed by atoms with Crippen LogP contribution in [-0.4, -0.2) is 6.61 Å². The summed E-state index contributed by atoms with van der Waals surface area (Å²) in [5.41, 5.74) is 3.62. The Bertz CT molecular complexity index is 400. The third-order valence-electron chi connectivity index (χ3n) is 2.35. The average molecular weight is 216 g/mol. The Morgan fingerprint density at radius 1 is 1.12 bits per heavy atom. The van der Waals surface area contributed by atoms with Crippen LogP contribution in [-0.2, 0) is 0 Å². The molecule has 0 aromatic heterocycles. The van der Waals surface area contributed by atoms with E-state index in [1.165, 1.54) is 11.1 Å². The van der Waals surface area contributed by atoms with Crippen molar-refractivity contribution in [3.63, 3.8) is 0 Å². The van der Waals surface area contributed by atoms with Crippen molar-refractivity contribution in [1.82, 2.24) is 0 Å². The fraction of sp³-hybridized carbons (Fsp3) is 0.333. The van der Waals surface area contributed by atoms with Gasteiger partial charge in [-0.3, -0.25) is 0 Å². The summed E-state index contributed by atoms with van der Waals surface area (Å²) >= 11 is 0. The average Bonchev–Trinajstić information content (AvgIpc) is 2.22. The van der Waals surface area contributed by atoms with E-state index in [1.54, 1.807) is 0 Å². The number of ether oxygens (including phenoxy) is 1. The van der Waals surface area contributed by atoms with Gasteiger partial charge < -0.3 is 4.74 Å². The molecule has 0 fully saturated rings. The van der Waals surface area contributed by atoms with Crippen molar-refractivity contribution in [2.45, 2.75) is 27.7 Å². The van der Waals surface area contributed by atoms with E-state index in [1.807, 2.05) is 32.1 Å². The molecule has 1 rings (SSSR count). The maximum absolute atomic E-state index is 5.78. The molecule has 0 bridgehead atoms. The molecule has 0 unspecified atom stereocenters. The first-order chi connectivity index (χ1) is 7.69. The van der Waals surface area contributed by atoms with Crippen LogP contribution in [0.3, 0.4) is 0 Å². The Kier molecular flexibility index (Phi) is 4.84. The SMILES string of the molecule is C/C=C/COc1c(C)cc(C)cc1/C=C/C. The number of benzene rings is 1. The van der Waals surface area contributed by atoms with Crippen LogP contribution in [0.15, 0.2) is 30.4 Å². The molecule has 0 spiro atoms. The molecular weight excluding hydrogens is 196 g/mol. The molecule has 0 saturated carbocycles. The maximum atomic E-state index is 5.78. The van der Waals surface area contributed by atoms with Crippen molar-refractivity contribution in [3.05, 3.63) is 47.1 Å². The third kappa shape index (κ3) is 3.27. The third-order valence-corrected chi connectivity index (χ3v) is 2.35. The molecule has 0 aliphatic rings. The Balaban J connectivity index is 3.03. The van der Waals surface area contributed by atoms with Gasteiger partial charge in [-0.15, -0.1) is 0 Å². The van der Waals surface area contributed by atoms with Gasteiger partial charge in [-0.25, -0.2) is 0 Å². The predicted octanol–water partition coefficient (Wildman–Crippen LogP) is 4.29. The van der Waals surface area contributed by atoms with E-state index in [2.05, 4.69) is 32.1 Å². The highest BCUT2D eigenvalue weighted by Crippen LogP contribution is 2.26. The van der Waals surface area contributed by atoms with Gasteiger partial charge in [-0.05, 0) is 39.3 Å². The highest BCUT2D eigenvalue weighted by Gasteiger charge is 2.05. The summed E-state index contributed by atoms with van der Waals surface area (Å²) in [6.07, 6.45) is 8.14. The highest BCUT2D eigenvalue weighted by atomic mass is 16.5. The monoisotopic (exact) mass is 216 g/mol. The molecule has 0 heterocycles. The molecule has 1 aromatic rings. The van der Waals surface area contributed by atoms with Crippen LogP contribution < -0.4 is 4.74 Å². The minimum Gasteiger partial charge on any atom is -0.489 e. The van der Waals surface area contributed by atoms with Crippen LogP contribution in [0.25, 0.3) is 6.08 Å². The zero-order valence-electron chi connectivity index (χ0n) is 10.6. The van der Waals surface area contributed by atoms with Crippen molar-refractivity contribution >= 4 is 6.08 Å². The summed E-state index contributed by atoms with van der Waals surface area (Å²) in [5.74, 6) is 0.988. The molecule has 86 valence electrons. The van der Waals surface area contributed by atoms with Gasteiger partial charge in [-0.1, -0.05) is 35.9 Å². The number of rotatable bonds is 4. The smallest absolute Gasteiger partial charge is 0.129 e. The number of aryl methyl sites for hydroxylation is 2. The summed E-state index contributed by atoms with van der Waals surface area (Å²) in [7, 11) is 0. The van der Waals surface area contributed by atoms with E-state index in [9.17, 15) is 0 Å². The van der Waals surface area contributed by atoms with E-state index in [4.69, 9.17) is 4.74 Å². The van der Waals surface area contributed by atoms with Gasteiger partial charge in [0.1, 0.15) is 12.4 Å². The summed E-state index contributed by atoms with van der Waals surface area (Å²) in [6, 6.07) is 4.30. The lowest BCUT2D eigenvalue weighted by Crippen LogP contribution is -1.98. The van der Waals surface area contributed by atoms with Crippen LogP contribution >= 0.6 is 0 Å². The number of hydrogen-bond acceptors (Lipinski definition) is 1. The molecule has 0 aliphatic heterocycles. The molecular formula is C15H20O. The first kappa shape index (κ1) is 12.6. The fourth-order valence-corrected chi connectivity index (χ4v) is 1.72. The molecule has 1 heteroatoms. The normalized spacial score (nSPS) is 11.5. The quantitative estimate of drug-likeness (QED) is 0.682. The highest BCUT2D eigenvalue weighted by molar-refractivity contribution is 5.61. The maximum Gasteiger partial charge on any atom is 0.129 e. The number of allylic oxidation sites excluding steroid dienone is 2. The van der Waals surface area contributed by atoms with Crippen LogP contribution in [0.5, 0.6) is 5.75 Å². The van der Waals surface area contributed by atoms with E-state index < -0.39 is 0 Å². The van der Waals surface area contributed by atoms with Crippen molar-refractivity contribution in [3.8, 4) is 5.75 Å². The van der Waals surface area contributed by atoms with E-state index >= 15 is 0 Å². The second-order valence-electron chi connectivity index (χ2n) is 3.88. The van der Waals surface area contributed by atoms with E-state index in [0.717, 1.165) is 11.3 Å². The molecule has 0 N–H and O–H groups in total. The molecule has 0 amide bonds. The van der Waals surface area contributed by atoms with Crippen molar-refractivity contribution in [1.29, 1.82) is 0 Å². The summed E-state index contributed by atoms with van der Waals surface area (Å²) in [6.45, 7) is 8.84. The first-order valence-electron chi connectivity index (χ1n) is 5.67. The summed E-state index contributed by atoms with van der Waals surface area (Å²) < 4.78 is 5.78. The first-order valence-corrected chi connectivity index (χ1v) is 5.67. The van der Waals surface area contributed by atoms with Gasteiger partial charge in [0.05, 0.1) is 0 Å². The standard InChI is InChI=1S/C15H20O/c1-5-7-9-16-15-13(4)10-12(3)11-14(15)8-6-2/h5-8,10-11H,9H2,1-4H3/b7-5+,8-6+. The minimum absolute atomic E-state index is 0.630. The van der Waals surface area contributed by atoms with Gasteiger partial charge in [0, 0.05) is 5.56 Å². The molecule has 0 radical (unpaired) electrons. The predicted molar refractivity (Wildman–Crippen MR) is 70.9 cm³/mol. The lowest BCUT2D eigenvalue weighted by atomic mass is 10.1. The van der Waals surface area contributed by atoms with Gasteiger partial charge in [-0.2, -0.15) is 0 Å². The van der Waals surface area contributed by atoms with Gasteiger partial charge in [0.15, 0.2) is 0 Å². The second kappa shape index (κ2) is 6.16. The topological polar surface area (TPSA) is 9.23 Å². The van der Waals surface area contributed by atoms with Crippen LogP contribution in [0, 0.1) is 13.8 Å². The van der Waals surface area contributed by atoms with Crippen LogP contribution in [0.1, 0.15) is 30.5 Å². The molecule has 1 nitrogen and oxygen atoms in total. The molecule has 0 atom stereocenters. The second-order valence-corrected chi connectivity index (χ2v) is 3.88. The minimum atomic E-state index is 0.630. The van der Waals surface area contributed by atoms with Crippen molar-refractivity contribution in [2.24, 2.45) is 0 Å². The Morgan fingerprint density at radius 2 is 1.88 bits per heavy atom. The summed E-state index contributed by atoms with van der Waals surface area (Å²) in [5, 5.41) is 0. The molecule has 1 aromatic carbocycles. The molecule has 0 aliphatic carbocycles. The molecule has 16 heavy (non-hydrogen) atoms. The fourth-order valence-electron chi connectivity index (χ4n) is 1.72. The van der Waals surface area contributed by atoms with Gasteiger partial charge in [0.25, 0.3) is 0 Å². The number of hydrogen-bond donors (Lipinski definition) is 0. The van der Waals surface area contributed by atoms with E-state index in [0.29, 0.717) is 6.61 Å². The zero-order valence-corrected chi connectivity index (χ0v) is 10.6. The van der Waals surface area contributed by atoms with Crippen LogP contribution in [0.2, 0.25) is 0 Å². The lowest BCUT2D eigenvalue weighted by Gasteiger charge is -2.12. The van der Waals surface area contributed by atoms with E-state index in [-0.39, 0.29) is 0 Å². The summed E-state index contributed by atoms with van der Waals surface area (Å²) in [4.78, 5) is 0. The van der Waals surface area contributed by atoms with Gasteiger partial charge >= 0.3 is 0 Å². The van der Waals surface area contributed by atoms with Gasteiger partial charge in [0.2, 0.25) is 0 Å². The Labute approximate surface area is 98.5 Å². The lowest BCUT2D eigenvalue weighted by molar-refractivity contribution is 0.359.